The van der Waals surface area contributed by atoms with Gasteiger partial charge >= 0.3 is 12.1 Å². The van der Waals surface area contributed by atoms with Crippen molar-refractivity contribution in [2.24, 2.45) is 0 Å². The van der Waals surface area contributed by atoms with E-state index >= 15 is 0 Å². The molecular weight excluding hydrogens is 458 g/mol. The van der Waals surface area contributed by atoms with Gasteiger partial charge in [0.25, 0.3) is 0 Å². The van der Waals surface area contributed by atoms with Crippen LogP contribution in [0.25, 0.3) is 0 Å². The first-order valence-corrected chi connectivity index (χ1v) is 11.9. The molecule has 34 heavy (non-hydrogen) atoms. The summed E-state index contributed by atoms with van der Waals surface area (Å²) in [7, 11) is 0. The zero-order valence-electron chi connectivity index (χ0n) is 20.8. The van der Waals surface area contributed by atoms with Gasteiger partial charge in [-0.2, -0.15) is 12.6 Å². The summed E-state index contributed by atoms with van der Waals surface area (Å²) in [5.41, 5.74) is -0.148. The van der Waals surface area contributed by atoms with Gasteiger partial charge in [0, 0.05) is 18.3 Å². The highest BCUT2D eigenvalue weighted by Gasteiger charge is 2.37. The number of hydrogen-bond acceptors (Lipinski definition) is 7. The van der Waals surface area contributed by atoms with Gasteiger partial charge in [0.2, 0.25) is 11.8 Å². The van der Waals surface area contributed by atoms with Gasteiger partial charge in [0.05, 0.1) is 13.0 Å². The lowest BCUT2D eigenvalue weighted by Crippen LogP contribution is -2.55. The summed E-state index contributed by atoms with van der Waals surface area (Å²) in [6.45, 7) is 10.7. The Bertz CT molecular complexity index is 826. The minimum absolute atomic E-state index is 0.00723. The Morgan fingerprint density at radius 1 is 1.09 bits per heavy atom. The fourth-order valence-corrected chi connectivity index (χ4v) is 3.43. The van der Waals surface area contributed by atoms with E-state index in [1.807, 2.05) is 0 Å². The first-order valence-electron chi connectivity index (χ1n) is 11.3. The number of hydrogen-bond donors (Lipinski definition) is 3. The number of benzene rings is 1. The summed E-state index contributed by atoms with van der Waals surface area (Å²) in [5, 5.41) is 5.28. The van der Waals surface area contributed by atoms with Crippen LogP contribution in [-0.2, 0) is 23.9 Å². The lowest BCUT2D eigenvalue weighted by Gasteiger charge is -2.37. The first-order chi connectivity index (χ1) is 15.9. The highest BCUT2D eigenvalue weighted by atomic mass is 32.1. The molecule has 0 aliphatic rings. The lowest BCUT2D eigenvalue weighted by molar-refractivity contribution is -0.145. The minimum Gasteiger partial charge on any atom is -0.466 e. The number of esters is 1. The van der Waals surface area contributed by atoms with E-state index < -0.39 is 47.6 Å². The molecule has 10 heteroatoms. The molecule has 2 atom stereocenters. The highest BCUT2D eigenvalue weighted by molar-refractivity contribution is 7.80. The summed E-state index contributed by atoms with van der Waals surface area (Å²) < 4.78 is 10.2. The molecule has 0 saturated carbocycles. The quantitative estimate of drug-likeness (QED) is 0.321. The van der Waals surface area contributed by atoms with E-state index in [4.69, 9.17) is 9.47 Å². The molecule has 0 aliphatic carbocycles. The molecule has 0 aromatic heterocycles. The molecule has 1 rings (SSSR count). The number of nitrogens with one attached hydrogen (secondary N) is 2. The molecule has 190 valence electrons. The van der Waals surface area contributed by atoms with Gasteiger partial charge in [-0.25, -0.2) is 4.79 Å². The maximum atomic E-state index is 13.6. The van der Waals surface area contributed by atoms with Crippen LogP contribution in [0, 0.1) is 0 Å². The second-order valence-corrected chi connectivity index (χ2v) is 9.25. The number of ether oxygens (including phenoxy) is 2. The topological polar surface area (TPSA) is 114 Å². The lowest BCUT2D eigenvalue weighted by atomic mass is 10.0. The Morgan fingerprint density at radius 2 is 1.71 bits per heavy atom. The van der Waals surface area contributed by atoms with Crippen LogP contribution in [0.4, 0.5) is 4.79 Å². The van der Waals surface area contributed by atoms with Gasteiger partial charge in [-0.05, 0) is 47.1 Å². The predicted octanol–water partition coefficient (Wildman–Crippen LogP) is 2.86. The van der Waals surface area contributed by atoms with Crippen LogP contribution < -0.4 is 10.6 Å². The largest absolute Gasteiger partial charge is 0.466 e. The predicted molar refractivity (Wildman–Crippen MR) is 132 cm³/mol. The first kappa shape index (κ1) is 29.3. The molecule has 2 unspecified atom stereocenters. The molecule has 2 N–H and O–H groups in total. The highest BCUT2D eigenvalue weighted by Crippen LogP contribution is 2.25. The SMILES string of the molecule is CCOC(=O)CCNC(=O)C(c1ccccc1)N(C(=O)C(CS)NC(=O)OC(C)(C)C)C(C)C. The molecule has 0 heterocycles. The van der Waals surface area contributed by atoms with Gasteiger partial charge in [-0.15, -0.1) is 0 Å². The van der Waals surface area contributed by atoms with Gasteiger partial charge < -0.3 is 25.0 Å². The number of carbonyl (C=O) groups is 4. The minimum atomic E-state index is -1.01. The standard InChI is InChI=1S/C24H37N3O6S/c1-7-32-19(28)13-14-25-21(29)20(17-11-9-8-10-12-17)27(16(2)3)22(30)18(15-34)26-23(31)33-24(4,5)6/h8-12,16,18,20,34H,7,13-15H2,1-6H3,(H,25,29)(H,26,31). The summed E-state index contributed by atoms with van der Waals surface area (Å²) >= 11 is 4.24. The van der Waals surface area contributed by atoms with Crippen molar-refractivity contribution in [2.75, 3.05) is 18.9 Å². The fourth-order valence-electron chi connectivity index (χ4n) is 3.19. The van der Waals surface area contributed by atoms with Crippen LogP contribution in [-0.4, -0.2) is 65.4 Å². The maximum absolute atomic E-state index is 13.6. The molecule has 0 fully saturated rings. The monoisotopic (exact) mass is 495 g/mol. The zero-order valence-corrected chi connectivity index (χ0v) is 21.7. The third kappa shape index (κ3) is 9.62. The molecule has 1 aromatic carbocycles. The fraction of sp³-hybridized carbons (Fsp3) is 0.583. The Balaban J connectivity index is 3.18. The Labute approximate surface area is 207 Å². The summed E-state index contributed by atoms with van der Waals surface area (Å²) in [5.74, 6) is -1.35. The van der Waals surface area contributed by atoms with E-state index in [1.54, 1.807) is 71.9 Å². The van der Waals surface area contributed by atoms with E-state index in [1.165, 1.54) is 4.90 Å². The number of rotatable bonds is 11. The summed E-state index contributed by atoms with van der Waals surface area (Å²) in [4.78, 5) is 52.2. The van der Waals surface area contributed by atoms with Crippen LogP contribution in [0.2, 0.25) is 0 Å². The van der Waals surface area contributed by atoms with Crippen LogP contribution in [0.15, 0.2) is 30.3 Å². The number of nitrogens with zero attached hydrogens (tertiary/aromatic N) is 1. The van der Waals surface area contributed by atoms with Crippen LogP contribution in [0.3, 0.4) is 0 Å². The third-order valence-corrected chi connectivity index (χ3v) is 4.92. The Hall–Kier alpha value is -2.75. The van der Waals surface area contributed by atoms with Gasteiger partial charge in [0.15, 0.2) is 0 Å². The van der Waals surface area contributed by atoms with Gasteiger partial charge in [0.1, 0.15) is 17.7 Å². The molecule has 3 amide bonds. The number of carbonyl (C=O) groups excluding carboxylic acids is 4. The molecule has 0 spiro atoms. The van der Waals surface area contributed by atoms with E-state index in [0.29, 0.717) is 5.56 Å². The number of amides is 3. The second kappa shape index (κ2) is 13.8. The van der Waals surface area contributed by atoms with Gasteiger partial charge in [-0.3, -0.25) is 14.4 Å². The third-order valence-electron chi connectivity index (χ3n) is 4.56. The van der Waals surface area contributed by atoms with Crippen molar-refractivity contribution in [1.82, 2.24) is 15.5 Å². The number of alkyl carbamates (subject to hydrolysis) is 1. The van der Waals surface area contributed by atoms with Crippen LogP contribution >= 0.6 is 12.6 Å². The molecule has 0 saturated heterocycles. The van der Waals surface area contributed by atoms with Crippen molar-refractivity contribution < 1.29 is 28.7 Å². The Morgan fingerprint density at radius 3 is 2.21 bits per heavy atom. The smallest absolute Gasteiger partial charge is 0.408 e. The molecule has 0 radical (unpaired) electrons. The summed E-state index contributed by atoms with van der Waals surface area (Å²) in [6, 6.07) is 6.44. The molecule has 0 aliphatic heterocycles. The van der Waals surface area contributed by atoms with E-state index in [-0.39, 0.29) is 25.3 Å². The van der Waals surface area contributed by atoms with Gasteiger partial charge in [-0.1, -0.05) is 30.3 Å². The second-order valence-electron chi connectivity index (χ2n) is 8.88. The molecule has 1 aromatic rings. The van der Waals surface area contributed by atoms with Crippen LogP contribution in [0.5, 0.6) is 0 Å². The van der Waals surface area contributed by atoms with Crippen molar-refractivity contribution >= 4 is 36.5 Å². The van der Waals surface area contributed by atoms with E-state index in [2.05, 4.69) is 23.3 Å². The van der Waals surface area contributed by atoms with Crippen LogP contribution in [0.1, 0.15) is 59.6 Å². The molecular formula is C24H37N3O6S. The van der Waals surface area contributed by atoms with E-state index in [0.717, 1.165) is 0 Å². The van der Waals surface area contributed by atoms with Crippen molar-refractivity contribution in [3.05, 3.63) is 35.9 Å². The molecule has 0 bridgehead atoms. The average Bonchev–Trinajstić information content (AvgIpc) is 2.74. The van der Waals surface area contributed by atoms with Crippen molar-refractivity contribution in [2.45, 2.75) is 71.7 Å². The average molecular weight is 496 g/mol. The van der Waals surface area contributed by atoms with E-state index in [9.17, 15) is 19.2 Å². The Kier molecular flexibility index (Phi) is 11.9. The number of thiol groups is 1. The normalized spacial score (nSPS) is 12.9. The molecule has 9 nitrogen and oxygen atoms in total. The van der Waals surface area contributed by atoms with Crippen molar-refractivity contribution in [3.8, 4) is 0 Å². The van der Waals surface area contributed by atoms with Crippen molar-refractivity contribution in [1.29, 1.82) is 0 Å². The maximum Gasteiger partial charge on any atom is 0.408 e. The summed E-state index contributed by atoms with van der Waals surface area (Å²) in [6.07, 6.45) is -0.741. The zero-order chi connectivity index (χ0) is 25.9. The van der Waals surface area contributed by atoms with Crippen molar-refractivity contribution in [3.63, 3.8) is 0 Å².